The molecule has 160 valence electrons. The third-order valence-electron chi connectivity index (χ3n) is 6.11. The minimum atomic E-state index is -0.424. The molecule has 2 aromatic carbocycles. The second-order valence-corrected chi connectivity index (χ2v) is 8.51. The highest BCUT2D eigenvalue weighted by Crippen LogP contribution is 2.31. The zero-order valence-electron chi connectivity index (χ0n) is 16.8. The van der Waals surface area contributed by atoms with Crippen molar-refractivity contribution in [3.8, 4) is 0 Å². The van der Waals surface area contributed by atoms with Crippen LogP contribution in [0.5, 0.6) is 0 Å². The van der Waals surface area contributed by atoms with E-state index in [4.69, 9.17) is 16.3 Å². The van der Waals surface area contributed by atoms with E-state index < -0.39 is 10.9 Å². The summed E-state index contributed by atoms with van der Waals surface area (Å²) in [4.78, 5) is 38.5. The summed E-state index contributed by atoms with van der Waals surface area (Å²) in [7, 11) is 0. The minimum absolute atomic E-state index is 0.00744. The standard InChI is InChI=1S/C22H26ClN3O4/c23-16-5-7-17(8-6-16)25-22(29)15-3-1-14(2-4-15)13-24-18-19(21(28)20(18)27)26-9-11-30-12-10-26/h5-8,14-15,24H,1-4,9-13H2,(H,25,29). The molecule has 2 aliphatic rings. The number of morpholine rings is 1. The van der Waals surface area contributed by atoms with Gasteiger partial charge in [0.1, 0.15) is 11.4 Å². The summed E-state index contributed by atoms with van der Waals surface area (Å²) >= 11 is 5.88. The number of ether oxygens (including phenoxy) is 1. The summed E-state index contributed by atoms with van der Waals surface area (Å²) in [6.45, 7) is 3.05. The van der Waals surface area contributed by atoms with Gasteiger partial charge in [0, 0.05) is 36.3 Å². The maximum absolute atomic E-state index is 12.5. The van der Waals surface area contributed by atoms with Crippen molar-refractivity contribution in [1.82, 2.24) is 0 Å². The van der Waals surface area contributed by atoms with Gasteiger partial charge in [0.2, 0.25) is 5.91 Å². The van der Waals surface area contributed by atoms with Crippen LogP contribution in [0.3, 0.4) is 0 Å². The minimum Gasteiger partial charge on any atom is -0.380 e. The normalized spacial score (nSPS) is 22.1. The second-order valence-electron chi connectivity index (χ2n) is 8.08. The highest BCUT2D eigenvalue weighted by molar-refractivity contribution is 6.30. The Balaban J connectivity index is 1.26. The number of carbonyl (C=O) groups is 1. The number of amides is 1. The van der Waals surface area contributed by atoms with Crippen molar-refractivity contribution in [2.75, 3.05) is 48.4 Å². The van der Waals surface area contributed by atoms with Gasteiger partial charge in [-0.05, 0) is 55.9 Å². The zero-order chi connectivity index (χ0) is 21.1. The molecule has 30 heavy (non-hydrogen) atoms. The van der Waals surface area contributed by atoms with Crippen LogP contribution in [0.15, 0.2) is 33.9 Å². The molecule has 1 aliphatic heterocycles. The Morgan fingerprint density at radius 2 is 1.70 bits per heavy atom. The fourth-order valence-corrected chi connectivity index (χ4v) is 4.41. The Hall–Kier alpha value is -2.38. The topological polar surface area (TPSA) is 87.7 Å². The third kappa shape index (κ3) is 4.52. The lowest BCUT2D eigenvalue weighted by Crippen LogP contribution is -2.47. The molecule has 8 heteroatoms. The Kier molecular flexibility index (Phi) is 6.39. The largest absolute Gasteiger partial charge is 0.380 e. The molecule has 0 spiro atoms. The Morgan fingerprint density at radius 3 is 2.37 bits per heavy atom. The van der Waals surface area contributed by atoms with Crippen LogP contribution in [0, 0.1) is 11.8 Å². The van der Waals surface area contributed by atoms with E-state index in [0.29, 0.717) is 55.2 Å². The van der Waals surface area contributed by atoms with Gasteiger partial charge in [0.15, 0.2) is 0 Å². The molecular weight excluding hydrogens is 406 g/mol. The number of halogens is 1. The molecule has 0 bridgehead atoms. The van der Waals surface area contributed by atoms with E-state index in [9.17, 15) is 14.4 Å². The van der Waals surface area contributed by atoms with E-state index >= 15 is 0 Å². The summed E-state index contributed by atoms with van der Waals surface area (Å²) in [5.74, 6) is 0.416. The van der Waals surface area contributed by atoms with Crippen LogP contribution in [-0.2, 0) is 9.53 Å². The number of anilines is 3. The van der Waals surface area contributed by atoms with Crippen molar-refractivity contribution in [2.45, 2.75) is 25.7 Å². The first-order valence-corrected chi connectivity index (χ1v) is 10.9. The van der Waals surface area contributed by atoms with Crippen molar-refractivity contribution in [3.63, 3.8) is 0 Å². The predicted octanol–water partition coefficient (Wildman–Crippen LogP) is 2.63. The fraction of sp³-hybridized carbons (Fsp3) is 0.500. The second kappa shape index (κ2) is 9.18. The van der Waals surface area contributed by atoms with E-state index in [1.54, 1.807) is 24.3 Å². The number of hydrogen-bond acceptors (Lipinski definition) is 6. The molecule has 7 nitrogen and oxygen atoms in total. The molecule has 0 atom stereocenters. The van der Waals surface area contributed by atoms with E-state index in [2.05, 4.69) is 10.6 Å². The maximum atomic E-state index is 12.5. The van der Waals surface area contributed by atoms with Crippen LogP contribution in [0.1, 0.15) is 25.7 Å². The number of nitrogens with zero attached hydrogens (tertiary/aromatic N) is 1. The van der Waals surface area contributed by atoms with Gasteiger partial charge in [-0.25, -0.2) is 0 Å². The molecular formula is C22H26ClN3O4. The molecule has 0 radical (unpaired) electrons. The van der Waals surface area contributed by atoms with Gasteiger partial charge < -0.3 is 20.3 Å². The highest BCUT2D eigenvalue weighted by Gasteiger charge is 2.29. The van der Waals surface area contributed by atoms with Gasteiger partial charge in [-0.15, -0.1) is 0 Å². The predicted molar refractivity (Wildman–Crippen MR) is 118 cm³/mol. The highest BCUT2D eigenvalue weighted by atomic mass is 35.5. The van der Waals surface area contributed by atoms with Crippen LogP contribution in [0.2, 0.25) is 5.02 Å². The first kappa shape index (κ1) is 20.9. The lowest BCUT2D eigenvalue weighted by molar-refractivity contribution is -0.121. The summed E-state index contributed by atoms with van der Waals surface area (Å²) in [6, 6.07) is 7.11. The van der Waals surface area contributed by atoms with Crippen LogP contribution >= 0.6 is 11.6 Å². The lowest BCUT2D eigenvalue weighted by Gasteiger charge is -2.32. The lowest BCUT2D eigenvalue weighted by atomic mass is 9.81. The molecule has 1 saturated carbocycles. The average Bonchev–Trinajstić information content (AvgIpc) is 2.78. The number of nitrogens with one attached hydrogen (secondary N) is 2. The van der Waals surface area contributed by atoms with Crippen molar-refractivity contribution in [3.05, 3.63) is 49.7 Å². The zero-order valence-corrected chi connectivity index (χ0v) is 17.5. The van der Waals surface area contributed by atoms with Crippen LogP contribution < -0.4 is 26.4 Å². The van der Waals surface area contributed by atoms with Crippen molar-refractivity contribution < 1.29 is 9.53 Å². The maximum Gasteiger partial charge on any atom is 0.253 e. The van der Waals surface area contributed by atoms with Gasteiger partial charge in [-0.2, -0.15) is 0 Å². The van der Waals surface area contributed by atoms with Crippen molar-refractivity contribution in [1.29, 1.82) is 0 Å². The van der Waals surface area contributed by atoms with Crippen molar-refractivity contribution in [2.24, 2.45) is 11.8 Å². The van der Waals surface area contributed by atoms with Gasteiger partial charge >= 0.3 is 0 Å². The van der Waals surface area contributed by atoms with Crippen LogP contribution in [0.25, 0.3) is 0 Å². The van der Waals surface area contributed by atoms with Crippen molar-refractivity contribution >= 4 is 34.6 Å². The monoisotopic (exact) mass is 431 g/mol. The molecule has 2 N–H and O–H groups in total. The summed E-state index contributed by atoms with van der Waals surface area (Å²) in [5, 5.41) is 6.81. The number of rotatable bonds is 6. The smallest absolute Gasteiger partial charge is 0.253 e. The number of benzene rings is 1. The summed E-state index contributed by atoms with van der Waals surface area (Å²) < 4.78 is 5.32. The first-order chi connectivity index (χ1) is 14.5. The Bertz CT molecular complexity index is 954. The molecule has 0 aromatic heterocycles. The van der Waals surface area contributed by atoms with Gasteiger partial charge in [0.05, 0.1) is 13.2 Å². The third-order valence-corrected chi connectivity index (χ3v) is 6.36. The van der Waals surface area contributed by atoms with E-state index in [0.717, 1.165) is 31.4 Å². The molecule has 1 aliphatic carbocycles. The molecule has 2 fully saturated rings. The molecule has 2 aromatic rings. The van der Waals surface area contributed by atoms with Crippen LogP contribution in [0.4, 0.5) is 17.1 Å². The molecule has 1 saturated heterocycles. The quantitative estimate of drug-likeness (QED) is 0.683. The van der Waals surface area contributed by atoms with E-state index in [1.807, 2.05) is 4.90 Å². The SMILES string of the molecule is O=C(Nc1ccc(Cl)cc1)C1CCC(CNc2c(N3CCOCC3)c(=O)c2=O)CC1. The first-order valence-electron chi connectivity index (χ1n) is 10.5. The number of carbonyl (C=O) groups excluding carboxylic acids is 1. The van der Waals surface area contributed by atoms with E-state index in [-0.39, 0.29) is 11.8 Å². The van der Waals surface area contributed by atoms with Gasteiger partial charge in [-0.1, -0.05) is 11.6 Å². The van der Waals surface area contributed by atoms with Gasteiger partial charge in [0.25, 0.3) is 10.9 Å². The molecule has 0 unspecified atom stereocenters. The van der Waals surface area contributed by atoms with E-state index in [1.165, 1.54) is 0 Å². The molecule has 4 rings (SSSR count). The van der Waals surface area contributed by atoms with Gasteiger partial charge in [-0.3, -0.25) is 14.4 Å². The Labute approximate surface area is 180 Å². The molecule has 1 heterocycles. The molecule has 1 amide bonds. The average molecular weight is 432 g/mol. The number of hydrogen-bond donors (Lipinski definition) is 2. The fourth-order valence-electron chi connectivity index (χ4n) is 4.29. The van der Waals surface area contributed by atoms with Crippen LogP contribution in [-0.4, -0.2) is 38.8 Å². The summed E-state index contributed by atoms with van der Waals surface area (Å²) in [5.41, 5.74) is 0.891. The summed E-state index contributed by atoms with van der Waals surface area (Å²) in [6.07, 6.45) is 3.45. The Morgan fingerprint density at radius 1 is 1.03 bits per heavy atom.